The number of carboxylic acid groups (broad SMARTS) is 1. The number of hydrogen-bond acceptors (Lipinski definition) is 3. The van der Waals surface area contributed by atoms with Crippen LogP contribution in [0.2, 0.25) is 0 Å². The summed E-state index contributed by atoms with van der Waals surface area (Å²) >= 11 is 0. The molecule has 0 aromatic heterocycles. The second-order valence-electron chi connectivity index (χ2n) is 5.81. The van der Waals surface area contributed by atoms with Crippen LogP contribution in [-0.4, -0.2) is 23.6 Å². The van der Waals surface area contributed by atoms with Gasteiger partial charge in [-0.2, -0.15) is 0 Å². The molecule has 1 amide bonds. The first-order valence-electron chi connectivity index (χ1n) is 8.56. The fourth-order valence-electron chi connectivity index (χ4n) is 2.79. The molecule has 5 heteroatoms. The molecule has 0 fully saturated rings. The lowest BCUT2D eigenvalue weighted by atomic mass is 10.0. The van der Waals surface area contributed by atoms with Gasteiger partial charge in [0.2, 0.25) is 0 Å². The summed E-state index contributed by atoms with van der Waals surface area (Å²) in [5, 5.41) is 13.7. The largest absolute Gasteiger partial charge is 0.493 e. The second-order valence-corrected chi connectivity index (χ2v) is 5.81. The van der Waals surface area contributed by atoms with E-state index in [-0.39, 0.29) is 5.70 Å². The van der Waals surface area contributed by atoms with Gasteiger partial charge in [-0.25, -0.2) is 4.79 Å². The van der Waals surface area contributed by atoms with Crippen LogP contribution in [0, 0.1) is 0 Å². The van der Waals surface area contributed by atoms with E-state index in [2.05, 4.69) is 5.32 Å². The van der Waals surface area contributed by atoms with Crippen molar-refractivity contribution in [3.05, 3.63) is 83.6 Å². The number of amides is 1. The van der Waals surface area contributed by atoms with Crippen molar-refractivity contribution >= 4 is 28.7 Å². The maximum Gasteiger partial charge on any atom is 0.352 e. The Hall–Kier alpha value is -3.60. The van der Waals surface area contributed by atoms with Crippen LogP contribution in [0.25, 0.3) is 16.8 Å². The molecule has 0 unspecified atom stereocenters. The summed E-state index contributed by atoms with van der Waals surface area (Å²) in [5.41, 5.74) is 0.874. The number of aliphatic carboxylic acids is 1. The Kier molecular flexibility index (Phi) is 5.52. The van der Waals surface area contributed by atoms with E-state index < -0.39 is 11.9 Å². The minimum absolute atomic E-state index is 0.196. The van der Waals surface area contributed by atoms with E-state index in [1.807, 2.05) is 31.2 Å². The van der Waals surface area contributed by atoms with Gasteiger partial charge in [0.05, 0.1) is 6.61 Å². The quantitative estimate of drug-likeness (QED) is 0.648. The lowest BCUT2D eigenvalue weighted by molar-refractivity contribution is -0.132. The van der Waals surface area contributed by atoms with Crippen LogP contribution >= 0.6 is 0 Å². The van der Waals surface area contributed by atoms with Crippen molar-refractivity contribution in [3.63, 3.8) is 0 Å². The van der Waals surface area contributed by atoms with Crippen LogP contribution in [0.15, 0.2) is 72.4 Å². The predicted molar refractivity (Wildman–Crippen MR) is 105 cm³/mol. The van der Waals surface area contributed by atoms with E-state index >= 15 is 0 Å². The van der Waals surface area contributed by atoms with Gasteiger partial charge in [-0.3, -0.25) is 4.79 Å². The first-order valence-corrected chi connectivity index (χ1v) is 8.56. The Balaban J connectivity index is 2.00. The number of ether oxygens (including phenoxy) is 1. The first kappa shape index (κ1) is 18.2. The molecule has 0 spiro atoms. The molecule has 2 N–H and O–H groups in total. The molecule has 0 aliphatic rings. The third-order valence-corrected chi connectivity index (χ3v) is 4.03. The number of carbonyl (C=O) groups is 2. The zero-order chi connectivity index (χ0) is 19.2. The maximum absolute atomic E-state index is 12.3. The average molecular weight is 361 g/mol. The van der Waals surface area contributed by atoms with Crippen molar-refractivity contribution in [1.82, 2.24) is 5.32 Å². The van der Waals surface area contributed by atoms with Crippen LogP contribution < -0.4 is 10.1 Å². The molecule has 0 bridgehead atoms. The highest BCUT2D eigenvalue weighted by atomic mass is 16.5. The molecule has 0 saturated carbocycles. The summed E-state index contributed by atoms with van der Waals surface area (Å²) in [6, 6.07) is 19.6. The lowest BCUT2D eigenvalue weighted by Gasteiger charge is -2.11. The molecule has 0 aliphatic carbocycles. The summed E-state index contributed by atoms with van der Waals surface area (Å²) in [6.45, 7) is 2.44. The Morgan fingerprint density at radius 2 is 1.63 bits per heavy atom. The fraction of sp³-hybridized carbons (Fsp3) is 0.0909. The number of rotatable bonds is 6. The van der Waals surface area contributed by atoms with Crippen molar-refractivity contribution in [2.45, 2.75) is 6.92 Å². The van der Waals surface area contributed by atoms with Crippen molar-refractivity contribution < 1.29 is 19.4 Å². The van der Waals surface area contributed by atoms with Crippen LogP contribution in [0.1, 0.15) is 22.8 Å². The number of nitrogens with one attached hydrogen (secondary N) is 1. The van der Waals surface area contributed by atoms with Crippen molar-refractivity contribution in [3.8, 4) is 5.75 Å². The van der Waals surface area contributed by atoms with Crippen molar-refractivity contribution in [1.29, 1.82) is 0 Å². The molecule has 0 radical (unpaired) electrons. The minimum Gasteiger partial charge on any atom is -0.493 e. The molecule has 0 heterocycles. The highest BCUT2D eigenvalue weighted by molar-refractivity contribution is 6.04. The lowest BCUT2D eigenvalue weighted by Crippen LogP contribution is -2.27. The fourth-order valence-corrected chi connectivity index (χ4v) is 2.79. The molecule has 3 aromatic rings. The monoisotopic (exact) mass is 361 g/mol. The number of fused-ring (bicyclic) bond motifs is 1. The maximum atomic E-state index is 12.3. The molecule has 5 nitrogen and oxygen atoms in total. The van der Waals surface area contributed by atoms with Crippen LogP contribution in [0.3, 0.4) is 0 Å². The SMILES string of the molecule is CCOc1ccc(/C=C(/NC(=O)c2ccccc2)C(=O)O)c2ccccc12. The number of hydrogen-bond donors (Lipinski definition) is 2. The summed E-state index contributed by atoms with van der Waals surface area (Å²) in [7, 11) is 0. The standard InChI is InChI=1S/C22H19NO4/c1-2-27-20-13-12-16(17-10-6-7-11-18(17)20)14-19(22(25)26)23-21(24)15-8-4-3-5-9-15/h3-14H,2H2,1H3,(H,23,24)(H,25,26)/b19-14+. The Morgan fingerprint density at radius 1 is 0.963 bits per heavy atom. The molecule has 136 valence electrons. The van der Waals surface area contributed by atoms with Gasteiger partial charge in [0.1, 0.15) is 11.4 Å². The van der Waals surface area contributed by atoms with Crippen LogP contribution in [-0.2, 0) is 4.79 Å². The number of benzene rings is 3. The van der Waals surface area contributed by atoms with Gasteiger partial charge in [0.25, 0.3) is 5.91 Å². The van der Waals surface area contributed by atoms with Gasteiger partial charge in [-0.15, -0.1) is 0 Å². The van der Waals surface area contributed by atoms with Crippen LogP contribution in [0.4, 0.5) is 0 Å². The van der Waals surface area contributed by atoms with Gasteiger partial charge in [-0.1, -0.05) is 48.5 Å². The smallest absolute Gasteiger partial charge is 0.352 e. The van der Waals surface area contributed by atoms with E-state index in [4.69, 9.17) is 4.74 Å². The third-order valence-electron chi connectivity index (χ3n) is 4.03. The molecular formula is C22H19NO4. The topological polar surface area (TPSA) is 75.6 Å². The van der Waals surface area contributed by atoms with Gasteiger partial charge in [0, 0.05) is 10.9 Å². The van der Waals surface area contributed by atoms with E-state index in [0.29, 0.717) is 17.7 Å². The molecule has 3 rings (SSSR count). The highest BCUT2D eigenvalue weighted by Gasteiger charge is 2.14. The number of carbonyl (C=O) groups excluding carboxylic acids is 1. The first-order chi connectivity index (χ1) is 13.1. The van der Waals surface area contributed by atoms with E-state index in [1.54, 1.807) is 42.5 Å². The molecule has 3 aromatic carbocycles. The molecule has 0 atom stereocenters. The normalized spacial score (nSPS) is 11.2. The van der Waals surface area contributed by atoms with Crippen molar-refractivity contribution in [2.24, 2.45) is 0 Å². The van der Waals surface area contributed by atoms with Gasteiger partial charge in [-0.05, 0) is 42.1 Å². The zero-order valence-electron chi connectivity index (χ0n) is 14.8. The Labute approximate surface area is 156 Å². The summed E-state index contributed by atoms with van der Waals surface area (Å²) in [6.07, 6.45) is 1.46. The summed E-state index contributed by atoms with van der Waals surface area (Å²) in [5.74, 6) is -0.952. The van der Waals surface area contributed by atoms with E-state index in [9.17, 15) is 14.7 Å². The molecule has 0 aliphatic heterocycles. The predicted octanol–water partition coefficient (Wildman–Crippen LogP) is 4.09. The third kappa shape index (κ3) is 4.15. The minimum atomic E-state index is -1.21. The van der Waals surface area contributed by atoms with Crippen LogP contribution in [0.5, 0.6) is 5.75 Å². The van der Waals surface area contributed by atoms with Crippen molar-refractivity contribution in [2.75, 3.05) is 6.61 Å². The second kappa shape index (κ2) is 8.19. The molecular weight excluding hydrogens is 342 g/mol. The molecule has 27 heavy (non-hydrogen) atoms. The summed E-state index contributed by atoms with van der Waals surface area (Å²) < 4.78 is 5.64. The summed E-state index contributed by atoms with van der Waals surface area (Å²) in [4.78, 5) is 24.0. The van der Waals surface area contributed by atoms with Gasteiger partial charge >= 0.3 is 5.97 Å². The van der Waals surface area contributed by atoms with Gasteiger partial charge < -0.3 is 15.2 Å². The van der Waals surface area contributed by atoms with E-state index in [1.165, 1.54) is 6.08 Å². The van der Waals surface area contributed by atoms with Gasteiger partial charge in [0.15, 0.2) is 0 Å². The number of carboxylic acids is 1. The zero-order valence-corrected chi connectivity index (χ0v) is 14.8. The van der Waals surface area contributed by atoms with E-state index in [0.717, 1.165) is 16.5 Å². The molecule has 0 saturated heterocycles. The Morgan fingerprint density at radius 3 is 2.30 bits per heavy atom. The average Bonchev–Trinajstić information content (AvgIpc) is 2.69. The Bertz CT molecular complexity index is 1010. The highest BCUT2D eigenvalue weighted by Crippen LogP contribution is 2.29.